The number of carbonyl (C=O) groups is 3. The van der Waals surface area contributed by atoms with E-state index in [-0.39, 0.29) is 18.1 Å². The van der Waals surface area contributed by atoms with Crippen molar-refractivity contribution in [2.45, 2.75) is 12.1 Å². The van der Waals surface area contributed by atoms with Crippen LogP contribution >= 0.6 is 11.8 Å². The highest BCUT2D eigenvalue weighted by molar-refractivity contribution is 7.98. The molecule has 0 atom stereocenters. The Morgan fingerprint density at radius 2 is 1.78 bits per heavy atom. The number of amides is 2. The normalized spacial score (nSPS) is 10.5. The second kappa shape index (κ2) is 10.6. The molecule has 166 valence electrons. The molecule has 2 aromatic carbocycles. The molecule has 0 aliphatic rings. The van der Waals surface area contributed by atoms with Gasteiger partial charge in [0.15, 0.2) is 17.5 Å². The van der Waals surface area contributed by atoms with Gasteiger partial charge in [-0.25, -0.2) is 9.78 Å². The summed E-state index contributed by atoms with van der Waals surface area (Å²) >= 11 is 1.39. The number of ether oxygens (including phenoxy) is 1. The monoisotopic (exact) mass is 452 g/mol. The maximum atomic E-state index is 12.6. The van der Waals surface area contributed by atoms with Gasteiger partial charge in [-0.1, -0.05) is 47.7 Å². The van der Waals surface area contributed by atoms with Crippen LogP contribution in [0.1, 0.15) is 16.1 Å². The van der Waals surface area contributed by atoms with Crippen molar-refractivity contribution in [1.82, 2.24) is 14.5 Å². The highest BCUT2D eigenvalue weighted by Crippen LogP contribution is 2.22. The van der Waals surface area contributed by atoms with Crippen molar-refractivity contribution in [3.63, 3.8) is 0 Å². The predicted molar refractivity (Wildman–Crippen MR) is 123 cm³/mol. The van der Waals surface area contributed by atoms with Gasteiger partial charge in [-0.15, -0.1) is 0 Å². The summed E-state index contributed by atoms with van der Waals surface area (Å²) in [5.41, 5.74) is 2.70. The molecule has 1 heterocycles. The van der Waals surface area contributed by atoms with Gasteiger partial charge in [0, 0.05) is 18.4 Å². The number of anilines is 1. The molecule has 0 fully saturated rings. The Hall–Kier alpha value is -3.59. The number of benzene rings is 2. The molecule has 1 aromatic heterocycles. The zero-order chi connectivity index (χ0) is 23.1. The first-order valence-corrected chi connectivity index (χ1v) is 11.1. The van der Waals surface area contributed by atoms with Gasteiger partial charge >= 0.3 is 5.97 Å². The molecule has 3 rings (SSSR count). The van der Waals surface area contributed by atoms with Crippen LogP contribution < -0.4 is 5.32 Å². The molecule has 0 aliphatic heterocycles. The minimum absolute atomic E-state index is 0.164. The van der Waals surface area contributed by atoms with Gasteiger partial charge in [0.25, 0.3) is 5.91 Å². The molecule has 0 bridgehead atoms. The Bertz CT molecular complexity index is 1100. The average Bonchev–Trinajstić information content (AvgIpc) is 3.23. The Kier molecular flexibility index (Phi) is 7.67. The van der Waals surface area contributed by atoms with E-state index in [4.69, 9.17) is 4.74 Å². The largest absolute Gasteiger partial charge is 0.451 e. The molecule has 0 saturated heterocycles. The van der Waals surface area contributed by atoms with E-state index in [1.807, 2.05) is 55.6 Å². The SMILES string of the molecule is CSc1ncc(C(=O)OCC(=O)N(C)CC(=O)Nc2ccc(C)cc2)n1-c1ccccc1. The number of carbonyl (C=O) groups excluding carboxylic acids is 3. The third-order valence-electron chi connectivity index (χ3n) is 4.60. The van der Waals surface area contributed by atoms with Crippen molar-refractivity contribution >= 4 is 35.2 Å². The number of likely N-dealkylation sites (N-methyl/N-ethyl adjacent to an activating group) is 1. The average molecular weight is 453 g/mol. The number of para-hydroxylation sites is 1. The topological polar surface area (TPSA) is 93.5 Å². The summed E-state index contributed by atoms with van der Waals surface area (Å²) < 4.78 is 6.89. The molecule has 8 nitrogen and oxygen atoms in total. The van der Waals surface area contributed by atoms with E-state index in [0.29, 0.717) is 10.8 Å². The fourth-order valence-electron chi connectivity index (χ4n) is 2.90. The number of esters is 1. The quantitative estimate of drug-likeness (QED) is 0.417. The summed E-state index contributed by atoms with van der Waals surface area (Å²) in [7, 11) is 1.48. The molecule has 0 unspecified atom stereocenters. The lowest BCUT2D eigenvalue weighted by molar-refractivity contribution is -0.136. The molecule has 0 saturated carbocycles. The van der Waals surface area contributed by atoms with Gasteiger partial charge < -0.3 is 15.0 Å². The van der Waals surface area contributed by atoms with E-state index < -0.39 is 18.5 Å². The minimum atomic E-state index is -0.674. The Balaban J connectivity index is 1.58. The molecule has 32 heavy (non-hydrogen) atoms. The van der Waals surface area contributed by atoms with Crippen LogP contribution in [0, 0.1) is 6.92 Å². The van der Waals surface area contributed by atoms with Crippen LogP contribution in [0.2, 0.25) is 0 Å². The third-order valence-corrected chi connectivity index (χ3v) is 5.26. The minimum Gasteiger partial charge on any atom is -0.451 e. The third kappa shape index (κ3) is 5.76. The Labute approximate surface area is 190 Å². The zero-order valence-corrected chi connectivity index (χ0v) is 18.9. The van der Waals surface area contributed by atoms with Crippen LogP contribution in [0.25, 0.3) is 5.69 Å². The van der Waals surface area contributed by atoms with Gasteiger partial charge in [-0.2, -0.15) is 0 Å². The second-order valence-electron chi connectivity index (χ2n) is 7.04. The number of nitrogens with zero attached hydrogens (tertiary/aromatic N) is 3. The predicted octanol–water partition coefficient (Wildman–Crippen LogP) is 3.16. The van der Waals surface area contributed by atoms with Gasteiger partial charge in [0.2, 0.25) is 5.91 Å². The number of imidazole rings is 1. The van der Waals surface area contributed by atoms with Crippen molar-refractivity contribution in [3.8, 4) is 5.69 Å². The molecule has 0 radical (unpaired) electrons. The zero-order valence-electron chi connectivity index (χ0n) is 18.1. The van der Waals surface area contributed by atoms with Crippen LogP contribution in [0.3, 0.4) is 0 Å². The van der Waals surface area contributed by atoms with E-state index in [1.165, 1.54) is 29.9 Å². The lowest BCUT2D eigenvalue weighted by Crippen LogP contribution is -2.37. The lowest BCUT2D eigenvalue weighted by Gasteiger charge is -2.17. The van der Waals surface area contributed by atoms with Crippen molar-refractivity contribution in [2.75, 3.05) is 31.8 Å². The molecule has 0 aliphatic carbocycles. The van der Waals surface area contributed by atoms with Crippen LogP contribution in [0.15, 0.2) is 66.0 Å². The summed E-state index contributed by atoms with van der Waals surface area (Å²) in [6.07, 6.45) is 3.28. The molecular formula is C23H24N4O4S. The van der Waals surface area contributed by atoms with E-state index in [1.54, 1.807) is 16.7 Å². The van der Waals surface area contributed by atoms with Gasteiger partial charge in [-0.05, 0) is 37.4 Å². The Morgan fingerprint density at radius 3 is 2.44 bits per heavy atom. The summed E-state index contributed by atoms with van der Waals surface area (Å²) in [6.45, 7) is 1.30. The maximum Gasteiger partial charge on any atom is 0.357 e. The van der Waals surface area contributed by atoms with Crippen LogP contribution in [-0.2, 0) is 14.3 Å². The van der Waals surface area contributed by atoms with E-state index in [0.717, 1.165) is 11.3 Å². The fourth-order valence-corrected chi connectivity index (χ4v) is 3.45. The number of hydrogen-bond acceptors (Lipinski definition) is 6. The van der Waals surface area contributed by atoms with Crippen molar-refractivity contribution in [3.05, 3.63) is 72.1 Å². The van der Waals surface area contributed by atoms with E-state index >= 15 is 0 Å². The molecule has 9 heteroatoms. The van der Waals surface area contributed by atoms with E-state index in [9.17, 15) is 14.4 Å². The highest BCUT2D eigenvalue weighted by atomic mass is 32.2. The van der Waals surface area contributed by atoms with Gasteiger partial charge in [-0.3, -0.25) is 14.2 Å². The number of rotatable bonds is 8. The number of hydrogen-bond donors (Lipinski definition) is 1. The molecule has 1 N–H and O–H groups in total. The molecule has 0 spiro atoms. The smallest absolute Gasteiger partial charge is 0.357 e. The fraction of sp³-hybridized carbons (Fsp3) is 0.217. The standard InChI is InChI=1S/C23H24N4O4S/c1-16-9-11-17(12-10-16)25-20(28)14-26(2)21(29)15-31-22(30)19-13-24-23(32-3)27(19)18-7-5-4-6-8-18/h4-13H,14-15H2,1-3H3,(H,25,28). The summed E-state index contributed by atoms with van der Waals surface area (Å²) in [4.78, 5) is 42.7. The van der Waals surface area contributed by atoms with Crippen LogP contribution in [-0.4, -0.2) is 58.7 Å². The maximum absolute atomic E-state index is 12.6. The number of aryl methyl sites for hydroxylation is 1. The first-order valence-electron chi connectivity index (χ1n) is 9.84. The first-order chi connectivity index (χ1) is 15.4. The van der Waals surface area contributed by atoms with Gasteiger partial charge in [0.1, 0.15) is 0 Å². The first kappa shape index (κ1) is 23.1. The summed E-state index contributed by atoms with van der Waals surface area (Å²) in [6, 6.07) is 16.6. The number of nitrogens with one attached hydrogen (secondary N) is 1. The molecular weight excluding hydrogens is 428 g/mol. The van der Waals surface area contributed by atoms with Crippen molar-refractivity contribution < 1.29 is 19.1 Å². The molecule has 3 aromatic rings. The lowest BCUT2D eigenvalue weighted by atomic mass is 10.2. The van der Waals surface area contributed by atoms with Crippen LogP contribution in [0.5, 0.6) is 0 Å². The summed E-state index contributed by atoms with van der Waals surface area (Å²) in [5, 5.41) is 3.35. The Morgan fingerprint density at radius 1 is 1.09 bits per heavy atom. The van der Waals surface area contributed by atoms with Crippen molar-refractivity contribution in [2.24, 2.45) is 0 Å². The van der Waals surface area contributed by atoms with Crippen molar-refractivity contribution in [1.29, 1.82) is 0 Å². The number of thioether (sulfide) groups is 1. The molecule has 2 amide bonds. The van der Waals surface area contributed by atoms with Gasteiger partial charge in [0.05, 0.1) is 12.7 Å². The second-order valence-corrected chi connectivity index (χ2v) is 7.81. The van der Waals surface area contributed by atoms with Crippen LogP contribution in [0.4, 0.5) is 5.69 Å². The summed E-state index contributed by atoms with van der Waals surface area (Å²) in [5.74, 6) is -1.51. The van der Waals surface area contributed by atoms with E-state index in [2.05, 4.69) is 10.3 Å². The highest BCUT2D eigenvalue weighted by Gasteiger charge is 2.21. The number of aromatic nitrogens is 2.